The van der Waals surface area contributed by atoms with E-state index in [4.69, 9.17) is 11.6 Å². The fourth-order valence-electron chi connectivity index (χ4n) is 2.06. The Labute approximate surface area is 118 Å². The number of halogens is 1. The average Bonchev–Trinajstić information content (AvgIpc) is 2.72. The first-order valence-electron chi connectivity index (χ1n) is 6.48. The molecule has 0 aliphatic carbocycles. The predicted molar refractivity (Wildman–Crippen MR) is 77.1 cm³/mol. The number of aromatic nitrogens is 3. The highest BCUT2D eigenvalue weighted by Crippen LogP contribution is 2.21. The quantitative estimate of drug-likeness (QED) is 0.914. The zero-order valence-corrected chi connectivity index (χ0v) is 12.3. The molecule has 0 saturated carbocycles. The molecule has 102 valence electrons. The molecule has 0 spiro atoms. The van der Waals surface area contributed by atoms with E-state index in [1.54, 1.807) is 12.4 Å². The van der Waals surface area contributed by atoms with Crippen molar-refractivity contribution in [2.75, 3.05) is 0 Å². The molecule has 1 atom stereocenters. The molecule has 2 heterocycles. The molecule has 0 saturated heterocycles. The number of aryl methyl sites for hydroxylation is 2. The van der Waals surface area contributed by atoms with Crippen molar-refractivity contribution < 1.29 is 0 Å². The molecule has 1 N–H and O–H groups in total. The Morgan fingerprint density at radius 3 is 2.68 bits per heavy atom. The molecular weight excluding hydrogens is 260 g/mol. The average molecular weight is 279 g/mol. The molecule has 0 aromatic carbocycles. The van der Waals surface area contributed by atoms with Crippen LogP contribution < -0.4 is 5.32 Å². The molecule has 4 nitrogen and oxygen atoms in total. The first kappa shape index (κ1) is 14.0. The Morgan fingerprint density at radius 1 is 1.37 bits per heavy atom. The van der Waals surface area contributed by atoms with E-state index in [1.165, 1.54) is 5.56 Å². The number of hydrogen-bond acceptors (Lipinski definition) is 3. The largest absolute Gasteiger partial charge is 0.305 e. The Morgan fingerprint density at radius 2 is 2.05 bits per heavy atom. The van der Waals surface area contributed by atoms with Crippen LogP contribution in [0, 0.1) is 6.92 Å². The number of nitrogens with zero attached hydrogens (tertiary/aromatic N) is 3. The van der Waals surface area contributed by atoms with Crippen molar-refractivity contribution in [3.05, 3.63) is 46.5 Å². The Kier molecular flexibility index (Phi) is 4.56. The number of nitrogens with one attached hydrogen (secondary N) is 1. The highest BCUT2D eigenvalue weighted by Gasteiger charge is 2.13. The summed E-state index contributed by atoms with van der Waals surface area (Å²) < 4.78 is 1.95. The van der Waals surface area contributed by atoms with Crippen LogP contribution in [0.5, 0.6) is 0 Å². The fraction of sp³-hybridized carbons (Fsp3) is 0.429. The maximum atomic E-state index is 6.29. The topological polar surface area (TPSA) is 42.7 Å². The molecule has 2 rings (SSSR count). The third-order valence-electron chi connectivity index (χ3n) is 3.23. The maximum Gasteiger partial charge on any atom is 0.0860 e. The lowest BCUT2D eigenvalue weighted by Crippen LogP contribution is -2.20. The fourth-order valence-corrected chi connectivity index (χ4v) is 2.26. The van der Waals surface area contributed by atoms with Gasteiger partial charge in [0.2, 0.25) is 0 Å². The van der Waals surface area contributed by atoms with E-state index >= 15 is 0 Å². The Bertz CT molecular complexity index is 536. The second-order valence-electron chi connectivity index (χ2n) is 4.54. The van der Waals surface area contributed by atoms with Gasteiger partial charge in [-0.05, 0) is 38.5 Å². The van der Waals surface area contributed by atoms with Crippen LogP contribution in [0.3, 0.4) is 0 Å². The van der Waals surface area contributed by atoms with Crippen LogP contribution in [0.25, 0.3) is 0 Å². The predicted octanol–water partition coefficient (Wildman–Crippen LogP) is 3.11. The van der Waals surface area contributed by atoms with E-state index in [2.05, 4.69) is 29.2 Å². The van der Waals surface area contributed by atoms with Crippen molar-refractivity contribution in [3.8, 4) is 0 Å². The number of hydrogen-bond donors (Lipinski definition) is 1. The molecule has 2 aromatic heterocycles. The van der Waals surface area contributed by atoms with Gasteiger partial charge in [-0.3, -0.25) is 9.67 Å². The Balaban J connectivity index is 2.07. The second kappa shape index (κ2) is 6.17. The van der Waals surface area contributed by atoms with Gasteiger partial charge in [-0.25, -0.2) is 0 Å². The van der Waals surface area contributed by atoms with Gasteiger partial charge < -0.3 is 5.32 Å². The van der Waals surface area contributed by atoms with Crippen LogP contribution in [0.2, 0.25) is 5.02 Å². The van der Waals surface area contributed by atoms with Gasteiger partial charge in [0.1, 0.15) is 0 Å². The van der Waals surface area contributed by atoms with Crippen molar-refractivity contribution >= 4 is 11.6 Å². The summed E-state index contributed by atoms with van der Waals surface area (Å²) in [4.78, 5) is 4.03. The van der Waals surface area contributed by atoms with Gasteiger partial charge in [0.15, 0.2) is 0 Å². The lowest BCUT2D eigenvalue weighted by Gasteiger charge is -2.14. The molecule has 0 bridgehead atoms. The molecule has 0 aliphatic rings. The zero-order valence-electron chi connectivity index (χ0n) is 11.5. The molecule has 0 amide bonds. The molecule has 0 unspecified atom stereocenters. The SMILES string of the molecule is CCn1nc(C)c(Cl)c1CN[C@@H](C)c1ccncc1. The van der Waals surface area contributed by atoms with Gasteiger partial charge in [0.25, 0.3) is 0 Å². The van der Waals surface area contributed by atoms with Crippen LogP contribution in [0.15, 0.2) is 24.5 Å². The zero-order chi connectivity index (χ0) is 13.8. The molecule has 5 heteroatoms. The highest BCUT2D eigenvalue weighted by atomic mass is 35.5. The summed E-state index contributed by atoms with van der Waals surface area (Å²) in [5, 5.41) is 8.65. The van der Waals surface area contributed by atoms with E-state index in [1.807, 2.05) is 23.7 Å². The molecule has 0 radical (unpaired) electrons. The van der Waals surface area contributed by atoms with E-state index in [-0.39, 0.29) is 6.04 Å². The summed E-state index contributed by atoms with van der Waals surface area (Å²) in [5.41, 5.74) is 3.14. The van der Waals surface area contributed by atoms with E-state index in [0.717, 1.165) is 23.0 Å². The number of pyridine rings is 1. The van der Waals surface area contributed by atoms with Crippen LogP contribution >= 0.6 is 11.6 Å². The summed E-state index contributed by atoms with van der Waals surface area (Å²) >= 11 is 6.29. The second-order valence-corrected chi connectivity index (χ2v) is 4.92. The minimum Gasteiger partial charge on any atom is -0.305 e. The molecule has 0 aliphatic heterocycles. The first-order valence-corrected chi connectivity index (χ1v) is 6.86. The highest BCUT2D eigenvalue weighted by molar-refractivity contribution is 6.31. The van der Waals surface area contributed by atoms with Crippen LogP contribution in [-0.2, 0) is 13.1 Å². The summed E-state index contributed by atoms with van der Waals surface area (Å²) in [6.45, 7) is 7.66. The summed E-state index contributed by atoms with van der Waals surface area (Å²) in [6, 6.07) is 4.28. The molecule has 0 fully saturated rings. The first-order chi connectivity index (χ1) is 9.13. The standard InChI is InChI=1S/C14H19ClN4/c1-4-19-13(14(15)11(3)18-19)9-17-10(2)12-5-7-16-8-6-12/h5-8,10,17H,4,9H2,1-3H3/t10-/m0/s1. The lowest BCUT2D eigenvalue weighted by molar-refractivity contribution is 0.530. The number of rotatable bonds is 5. The van der Waals surface area contributed by atoms with Gasteiger partial charge in [-0.2, -0.15) is 5.10 Å². The normalized spacial score (nSPS) is 12.6. The summed E-state index contributed by atoms with van der Waals surface area (Å²) in [6.07, 6.45) is 3.61. The van der Waals surface area contributed by atoms with Crippen molar-refractivity contribution in [1.29, 1.82) is 0 Å². The van der Waals surface area contributed by atoms with Crippen molar-refractivity contribution in [3.63, 3.8) is 0 Å². The van der Waals surface area contributed by atoms with Crippen LogP contribution in [-0.4, -0.2) is 14.8 Å². The molecule has 19 heavy (non-hydrogen) atoms. The van der Waals surface area contributed by atoms with E-state index < -0.39 is 0 Å². The van der Waals surface area contributed by atoms with Gasteiger partial charge in [-0.1, -0.05) is 11.6 Å². The minimum atomic E-state index is 0.250. The van der Waals surface area contributed by atoms with Crippen molar-refractivity contribution in [2.45, 2.75) is 39.9 Å². The van der Waals surface area contributed by atoms with Crippen LogP contribution in [0.1, 0.15) is 36.8 Å². The van der Waals surface area contributed by atoms with E-state index in [0.29, 0.717) is 6.54 Å². The minimum absolute atomic E-state index is 0.250. The smallest absolute Gasteiger partial charge is 0.0860 e. The molecular formula is C14H19ClN4. The summed E-state index contributed by atoms with van der Waals surface area (Å²) in [7, 11) is 0. The van der Waals surface area contributed by atoms with Gasteiger partial charge in [-0.15, -0.1) is 0 Å². The van der Waals surface area contributed by atoms with Gasteiger partial charge >= 0.3 is 0 Å². The summed E-state index contributed by atoms with van der Waals surface area (Å²) in [5.74, 6) is 0. The van der Waals surface area contributed by atoms with Crippen molar-refractivity contribution in [1.82, 2.24) is 20.1 Å². The van der Waals surface area contributed by atoms with Gasteiger partial charge in [0, 0.05) is 31.5 Å². The van der Waals surface area contributed by atoms with Gasteiger partial charge in [0.05, 0.1) is 16.4 Å². The Hall–Kier alpha value is -1.39. The third-order valence-corrected chi connectivity index (χ3v) is 3.73. The van der Waals surface area contributed by atoms with E-state index in [9.17, 15) is 0 Å². The van der Waals surface area contributed by atoms with Crippen molar-refractivity contribution in [2.24, 2.45) is 0 Å². The maximum absolute atomic E-state index is 6.29. The van der Waals surface area contributed by atoms with Crippen LogP contribution in [0.4, 0.5) is 0 Å². The third kappa shape index (κ3) is 3.14. The lowest BCUT2D eigenvalue weighted by atomic mass is 10.1. The molecule has 2 aromatic rings. The monoisotopic (exact) mass is 278 g/mol.